The molecule has 1 aliphatic carbocycles. The fourth-order valence-electron chi connectivity index (χ4n) is 5.27. The van der Waals surface area contributed by atoms with Gasteiger partial charge in [0.15, 0.2) is 11.5 Å². The van der Waals surface area contributed by atoms with Crippen molar-refractivity contribution in [1.29, 1.82) is 0 Å². The van der Waals surface area contributed by atoms with E-state index in [1.54, 1.807) is 7.11 Å². The summed E-state index contributed by atoms with van der Waals surface area (Å²) in [6.45, 7) is 2.36. The van der Waals surface area contributed by atoms with Crippen molar-refractivity contribution < 1.29 is 19.0 Å². The Hall–Kier alpha value is -2.96. The van der Waals surface area contributed by atoms with E-state index < -0.39 is 0 Å². The van der Waals surface area contributed by atoms with Crippen LogP contribution >= 0.6 is 27.5 Å². The Morgan fingerprint density at radius 2 is 1.92 bits per heavy atom. The summed E-state index contributed by atoms with van der Waals surface area (Å²) >= 11 is 9.72. The van der Waals surface area contributed by atoms with Gasteiger partial charge in [0.25, 0.3) is 0 Å². The van der Waals surface area contributed by atoms with E-state index in [1.165, 1.54) is 12.7 Å². The molecule has 3 aromatic rings. The van der Waals surface area contributed by atoms with Crippen LogP contribution in [0.5, 0.6) is 11.5 Å². The number of rotatable bonds is 6. The van der Waals surface area contributed by atoms with Crippen LogP contribution in [0.2, 0.25) is 5.02 Å². The summed E-state index contributed by atoms with van der Waals surface area (Å²) in [7, 11) is 3.06. The van der Waals surface area contributed by atoms with Gasteiger partial charge < -0.3 is 19.5 Å². The van der Waals surface area contributed by atoms with Crippen LogP contribution in [-0.4, -0.2) is 20.2 Å². The lowest BCUT2D eigenvalue weighted by Crippen LogP contribution is -2.30. The van der Waals surface area contributed by atoms with E-state index in [0.717, 1.165) is 33.3 Å². The first kappa shape index (κ1) is 24.7. The topological polar surface area (TPSA) is 56.8 Å². The van der Waals surface area contributed by atoms with Crippen LogP contribution in [0, 0.1) is 12.8 Å². The molecule has 0 saturated heterocycles. The molecule has 5 rings (SSSR count). The number of anilines is 1. The first-order chi connectivity index (χ1) is 17.4. The van der Waals surface area contributed by atoms with Crippen LogP contribution < -0.4 is 14.8 Å². The lowest BCUT2D eigenvalue weighted by atomic mass is 9.76. The summed E-state index contributed by atoms with van der Waals surface area (Å²) in [5.41, 5.74) is 5.78. The number of hydrogen-bond acceptors (Lipinski definition) is 5. The summed E-state index contributed by atoms with van der Waals surface area (Å²) in [4.78, 5) is 12.3. The number of esters is 1. The Kier molecular flexibility index (Phi) is 7.00. The molecule has 186 valence electrons. The molecular weight excluding hydrogens is 542 g/mol. The third-order valence-corrected chi connectivity index (χ3v) is 7.95. The number of halogens is 2. The van der Waals surface area contributed by atoms with Gasteiger partial charge in [-0.15, -0.1) is 0 Å². The monoisotopic (exact) mass is 567 g/mol. The van der Waals surface area contributed by atoms with Gasteiger partial charge in [0.1, 0.15) is 6.61 Å². The van der Waals surface area contributed by atoms with Crippen molar-refractivity contribution in [2.45, 2.75) is 31.9 Å². The van der Waals surface area contributed by atoms with E-state index in [-0.39, 0.29) is 17.9 Å². The minimum absolute atomic E-state index is 0.0274. The summed E-state index contributed by atoms with van der Waals surface area (Å²) in [6.07, 6.45) is 5.50. The van der Waals surface area contributed by atoms with Crippen molar-refractivity contribution in [3.8, 4) is 11.5 Å². The number of benzene rings is 3. The van der Waals surface area contributed by atoms with Crippen LogP contribution in [0.4, 0.5) is 5.69 Å². The van der Waals surface area contributed by atoms with Crippen LogP contribution in [-0.2, 0) is 11.3 Å². The fourth-order valence-corrected chi connectivity index (χ4v) is 5.97. The zero-order chi connectivity index (χ0) is 25.4. The van der Waals surface area contributed by atoms with E-state index >= 15 is 0 Å². The Bertz CT molecular complexity index is 1340. The van der Waals surface area contributed by atoms with Crippen molar-refractivity contribution in [2.24, 2.45) is 5.92 Å². The van der Waals surface area contributed by atoms with Gasteiger partial charge in [-0.05, 0) is 87.8 Å². The minimum Gasteiger partial charge on any atom is -0.493 e. The maximum Gasteiger partial charge on any atom is 0.338 e. The molecule has 0 bridgehead atoms. The standard InChI is InChI=1S/C29H27BrClNO4/c1-16-20(29(33)35-3)11-12-23-21-5-4-6-22(21)27(32-26(16)23)18-13-24(30)28(25(14-18)34-2)36-15-17-7-9-19(31)10-8-17/h4-5,7-14,21-22,27,32H,6,15H2,1-3H3/t21-,22-,27-/m1/s1. The van der Waals surface area contributed by atoms with E-state index in [4.69, 9.17) is 25.8 Å². The molecule has 0 saturated carbocycles. The molecule has 36 heavy (non-hydrogen) atoms. The first-order valence-corrected chi connectivity index (χ1v) is 13.0. The van der Waals surface area contributed by atoms with Gasteiger partial charge in [-0.3, -0.25) is 0 Å². The van der Waals surface area contributed by atoms with Crippen LogP contribution in [0.15, 0.2) is 65.2 Å². The van der Waals surface area contributed by atoms with Gasteiger partial charge in [0, 0.05) is 16.6 Å². The first-order valence-electron chi connectivity index (χ1n) is 11.8. The van der Waals surface area contributed by atoms with Crippen molar-refractivity contribution in [3.05, 3.63) is 98.0 Å². The molecule has 1 heterocycles. The largest absolute Gasteiger partial charge is 0.493 e. The van der Waals surface area contributed by atoms with Gasteiger partial charge in [0.2, 0.25) is 0 Å². The van der Waals surface area contributed by atoms with Gasteiger partial charge in [0.05, 0.1) is 30.3 Å². The third-order valence-electron chi connectivity index (χ3n) is 7.11. The zero-order valence-corrected chi connectivity index (χ0v) is 22.7. The summed E-state index contributed by atoms with van der Waals surface area (Å²) in [5, 5.41) is 4.45. The Balaban J connectivity index is 1.48. The molecule has 3 aromatic carbocycles. The Morgan fingerprint density at radius 1 is 1.14 bits per heavy atom. The normalized spacial score (nSPS) is 19.8. The van der Waals surface area contributed by atoms with Crippen molar-refractivity contribution in [2.75, 3.05) is 19.5 Å². The molecular formula is C29H27BrClNO4. The number of allylic oxidation sites excluding steroid dienone is 2. The Morgan fingerprint density at radius 3 is 2.64 bits per heavy atom. The minimum atomic E-state index is -0.329. The SMILES string of the molecule is COC(=O)c1ccc2c(c1C)N[C@H](c1cc(Br)c(OCc3ccc(Cl)cc3)c(OC)c1)[C@@H]1CC=C[C@@H]21. The maximum absolute atomic E-state index is 12.3. The molecule has 0 aromatic heterocycles. The average Bonchev–Trinajstić information content (AvgIpc) is 3.38. The van der Waals surface area contributed by atoms with Crippen LogP contribution in [0.25, 0.3) is 0 Å². The molecule has 1 aliphatic heterocycles. The second kappa shape index (κ2) is 10.2. The molecule has 7 heteroatoms. The Labute approximate surface area is 224 Å². The quantitative estimate of drug-likeness (QED) is 0.245. The molecule has 5 nitrogen and oxygen atoms in total. The molecule has 0 amide bonds. The number of carbonyl (C=O) groups is 1. The highest BCUT2D eigenvalue weighted by atomic mass is 79.9. The van der Waals surface area contributed by atoms with Crippen molar-refractivity contribution in [3.63, 3.8) is 0 Å². The number of carbonyl (C=O) groups excluding carboxylic acids is 1. The van der Waals surface area contributed by atoms with Crippen LogP contribution in [0.1, 0.15) is 51.0 Å². The maximum atomic E-state index is 12.3. The second-order valence-electron chi connectivity index (χ2n) is 9.12. The number of ether oxygens (including phenoxy) is 3. The third kappa shape index (κ3) is 4.48. The van der Waals surface area contributed by atoms with E-state index in [1.807, 2.05) is 43.3 Å². The second-order valence-corrected chi connectivity index (χ2v) is 10.4. The molecule has 2 aliphatic rings. The van der Waals surface area contributed by atoms with Gasteiger partial charge in [-0.1, -0.05) is 42.0 Å². The number of fused-ring (bicyclic) bond motifs is 3. The molecule has 1 N–H and O–H groups in total. The molecule has 0 spiro atoms. The van der Waals surface area contributed by atoms with Gasteiger partial charge in [-0.2, -0.15) is 0 Å². The highest BCUT2D eigenvalue weighted by Gasteiger charge is 2.39. The van der Waals surface area contributed by atoms with Gasteiger partial charge in [-0.25, -0.2) is 4.79 Å². The van der Waals surface area contributed by atoms with Crippen molar-refractivity contribution >= 4 is 39.2 Å². The average molecular weight is 569 g/mol. The van der Waals surface area contributed by atoms with Crippen molar-refractivity contribution in [1.82, 2.24) is 0 Å². The number of nitrogens with one attached hydrogen (secondary N) is 1. The smallest absolute Gasteiger partial charge is 0.338 e. The molecule has 3 atom stereocenters. The molecule has 0 fully saturated rings. The fraction of sp³-hybridized carbons (Fsp3) is 0.276. The lowest BCUT2D eigenvalue weighted by Gasteiger charge is -2.39. The highest BCUT2D eigenvalue weighted by molar-refractivity contribution is 9.10. The van der Waals surface area contributed by atoms with E-state index in [2.05, 4.69) is 45.5 Å². The summed E-state index contributed by atoms with van der Waals surface area (Å²) in [6, 6.07) is 15.7. The predicted octanol–water partition coefficient (Wildman–Crippen LogP) is 7.61. The number of methoxy groups -OCH3 is 2. The molecule has 0 radical (unpaired) electrons. The van der Waals surface area contributed by atoms with E-state index in [0.29, 0.717) is 34.6 Å². The zero-order valence-electron chi connectivity index (χ0n) is 20.3. The predicted molar refractivity (Wildman–Crippen MR) is 145 cm³/mol. The summed E-state index contributed by atoms with van der Waals surface area (Å²) < 4.78 is 17.7. The highest BCUT2D eigenvalue weighted by Crippen LogP contribution is 2.52. The number of hydrogen-bond donors (Lipinski definition) is 1. The van der Waals surface area contributed by atoms with E-state index in [9.17, 15) is 4.79 Å². The molecule has 0 unspecified atom stereocenters. The summed E-state index contributed by atoms with van der Waals surface area (Å²) in [5.74, 6) is 1.59. The van der Waals surface area contributed by atoms with Crippen LogP contribution in [0.3, 0.4) is 0 Å². The lowest BCUT2D eigenvalue weighted by molar-refractivity contribution is 0.0600. The van der Waals surface area contributed by atoms with Gasteiger partial charge >= 0.3 is 5.97 Å².